The van der Waals surface area contributed by atoms with Crippen LogP contribution in [0.2, 0.25) is 0 Å². The first-order valence-electron chi connectivity index (χ1n) is 7.66. The number of nitrogens with zero attached hydrogens (tertiary/aromatic N) is 1. The van der Waals surface area contributed by atoms with Crippen LogP contribution in [-0.4, -0.2) is 11.6 Å². The minimum atomic E-state index is 0.542. The van der Waals surface area contributed by atoms with Crippen molar-refractivity contribution in [1.29, 1.82) is 5.26 Å². The molecule has 1 aliphatic carbocycles. The quantitative estimate of drug-likeness (QED) is 0.845. The van der Waals surface area contributed by atoms with Crippen molar-refractivity contribution in [1.82, 2.24) is 4.98 Å². The summed E-state index contributed by atoms with van der Waals surface area (Å²) in [7, 11) is 0. The summed E-state index contributed by atoms with van der Waals surface area (Å²) in [6.07, 6.45) is 4.32. The zero-order chi connectivity index (χ0) is 15.5. The summed E-state index contributed by atoms with van der Waals surface area (Å²) < 4.78 is 6.14. The molecule has 2 aromatic rings. The molecular weight excluding hydrogens is 292 g/mol. The van der Waals surface area contributed by atoms with Crippen LogP contribution in [0.15, 0.2) is 24.3 Å². The number of nitriles is 1. The molecule has 1 aliphatic rings. The van der Waals surface area contributed by atoms with Gasteiger partial charge in [-0.25, -0.2) is 0 Å². The van der Waals surface area contributed by atoms with E-state index in [-0.39, 0.29) is 0 Å². The summed E-state index contributed by atoms with van der Waals surface area (Å²) in [5, 5.41) is 9.57. The Morgan fingerprint density at radius 2 is 2.14 bits per heavy atom. The molecule has 0 saturated heterocycles. The van der Waals surface area contributed by atoms with Crippen LogP contribution in [0.5, 0.6) is 5.75 Å². The first kappa shape index (κ1) is 14.8. The van der Waals surface area contributed by atoms with Crippen molar-refractivity contribution >= 4 is 12.2 Å². The maximum absolute atomic E-state index is 9.57. The maximum atomic E-state index is 9.57. The molecule has 0 unspecified atom stereocenters. The molecular formula is C18H18N2OS. The highest BCUT2D eigenvalue weighted by Gasteiger charge is 2.20. The molecule has 1 heterocycles. The van der Waals surface area contributed by atoms with Crippen molar-refractivity contribution in [3.05, 3.63) is 45.7 Å². The average Bonchev–Trinajstić information content (AvgIpc) is 2.54. The molecule has 0 spiro atoms. The van der Waals surface area contributed by atoms with Gasteiger partial charge in [-0.05, 0) is 55.9 Å². The maximum Gasteiger partial charge on any atom is 0.122 e. The Hall–Kier alpha value is -2.12. The normalized spacial score (nSPS) is 13.3. The number of ether oxygens (including phenoxy) is 1. The van der Waals surface area contributed by atoms with Crippen LogP contribution in [0.25, 0.3) is 11.1 Å². The van der Waals surface area contributed by atoms with Gasteiger partial charge in [0.1, 0.15) is 16.5 Å². The molecule has 0 fully saturated rings. The second-order valence-electron chi connectivity index (χ2n) is 5.44. The zero-order valence-corrected chi connectivity index (χ0v) is 13.4. The van der Waals surface area contributed by atoms with Gasteiger partial charge in [0.15, 0.2) is 0 Å². The molecule has 1 aromatic heterocycles. The van der Waals surface area contributed by atoms with Gasteiger partial charge in [0.2, 0.25) is 0 Å². The number of nitrogens with one attached hydrogen (secondary N) is 1. The number of aromatic amines is 1. The van der Waals surface area contributed by atoms with Gasteiger partial charge in [-0.1, -0.05) is 24.4 Å². The van der Waals surface area contributed by atoms with Crippen molar-refractivity contribution in [2.75, 3.05) is 6.61 Å². The highest BCUT2D eigenvalue weighted by atomic mass is 32.1. The summed E-state index contributed by atoms with van der Waals surface area (Å²) in [5.74, 6) is 0.826. The Morgan fingerprint density at radius 3 is 2.91 bits per heavy atom. The van der Waals surface area contributed by atoms with Crippen molar-refractivity contribution < 1.29 is 4.74 Å². The number of fused-ring (bicyclic) bond motifs is 1. The third kappa shape index (κ3) is 2.65. The summed E-state index contributed by atoms with van der Waals surface area (Å²) in [6.45, 7) is 2.59. The first-order valence-corrected chi connectivity index (χ1v) is 8.06. The summed E-state index contributed by atoms with van der Waals surface area (Å²) in [4.78, 5) is 3.26. The van der Waals surface area contributed by atoms with Crippen LogP contribution in [0.3, 0.4) is 0 Å². The number of hydrogen-bond acceptors (Lipinski definition) is 3. The van der Waals surface area contributed by atoms with Crippen molar-refractivity contribution in [2.45, 2.75) is 32.6 Å². The highest BCUT2D eigenvalue weighted by Crippen LogP contribution is 2.35. The molecule has 0 saturated carbocycles. The van der Waals surface area contributed by atoms with Gasteiger partial charge in [-0.3, -0.25) is 0 Å². The average molecular weight is 310 g/mol. The molecule has 1 aromatic carbocycles. The van der Waals surface area contributed by atoms with E-state index in [1.54, 1.807) is 0 Å². The third-order valence-electron chi connectivity index (χ3n) is 4.06. The lowest BCUT2D eigenvalue weighted by atomic mass is 9.87. The Kier molecular flexibility index (Phi) is 4.26. The molecule has 0 bridgehead atoms. The van der Waals surface area contributed by atoms with Crippen LogP contribution in [-0.2, 0) is 12.8 Å². The van der Waals surface area contributed by atoms with Crippen LogP contribution in [0, 0.1) is 16.0 Å². The SMILES string of the molecule is CCOc1cccc(-c2c3c([nH]c(=S)c2C#N)CCCC3)c1. The molecule has 0 radical (unpaired) electrons. The summed E-state index contributed by atoms with van der Waals surface area (Å²) >= 11 is 5.40. The number of hydrogen-bond donors (Lipinski definition) is 1. The second kappa shape index (κ2) is 6.33. The van der Waals surface area contributed by atoms with Gasteiger partial charge in [-0.15, -0.1) is 0 Å². The van der Waals surface area contributed by atoms with E-state index in [0.29, 0.717) is 16.8 Å². The third-order valence-corrected chi connectivity index (χ3v) is 4.36. The van der Waals surface area contributed by atoms with Crippen LogP contribution in [0.1, 0.15) is 36.6 Å². The Balaban J connectivity index is 2.25. The topological polar surface area (TPSA) is 48.8 Å². The predicted molar refractivity (Wildman–Crippen MR) is 89.6 cm³/mol. The molecule has 3 nitrogen and oxygen atoms in total. The molecule has 22 heavy (non-hydrogen) atoms. The molecule has 112 valence electrons. The van der Waals surface area contributed by atoms with Crippen LogP contribution in [0.4, 0.5) is 0 Å². The lowest BCUT2D eigenvalue weighted by Crippen LogP contribution is -2.09. The van der Waals surface area contributed by atoms with E-state index >= 15 is 0 Å². The summed E-state index contributed by atoms with van der Waals surface area (Å²) in [5.41, 5.74) is 5.00. The van der Waals surface area contributed by atoms with E-state index in [1.165, 1.54) is 17.7 Å². The molecule has 0 amide bonds. The number of aromatic nitrogens is 1. The Labute approximate surface area is 135 Å². The highest BCUT2D eigenvalue weighted by molar-refractivity contribution is 7.71. The smallest absolute Gasteiger partial charge is 0.122 e. The Morgan fingerprint density at radius 1 is 1.32 bits per heavy atom. The van der Waals surface area contributed by atoms with E-state index < -0.39 is 0 Å². The lowest BCUT2D eigenvalue weighted by Gasteiger charge is -2.21. The number of benzene rings is 1. The first-order chi connectivity index (χ1) is 10.7. The van der Waals surface area contributed by atoms with Gasteiger partial charge >= 0.3 is 0 Å². The fraction of sp³-hybridized carbons (Fsp3) is 0.333. The Bertz CT molecular complexity index is 802. The molecule has 0 aliphatic heterocycles. The van der Waals surface area contributed by atoms with E-state index in [9.17, 15) is 5.26 Å². The van der Waals surface area contributed by atoms with E-state index in [0.717, 1.165) is 36.1 Å². The van der Waals surface area contributed by atoms with E-state index in [2.05, 4.69) is 11.1 Å². The minimum absolute atomic E-state index is 0.542. The number of H-pyrrole nitrogens is 1. The van der Waals surface area contributed by atoms with E-state index in [1.807, 2.05) is 31.2 Å². The van der Waals surface area contributed by atoms with Gasteiger partial charge in [0.25, 0.3) is 0 Å². The van der Waals surface area contributed by atoms with Crippen LogP contribution >= 0.6 is 12.2 Å². The number of pyridine rings is 1. The number of aryl methyl sites for hydroxylation is 1. The number of rotatable bonds is 3. The van der Waals surface area contributed by atoms with Gasteiger partial charge in [-0.2, -0.15) is 5.26 Å². The summed E-state index contributed by atoms with van der Waals surface area (Å²) in [6, 6.07) is 10.2. The molecule has 1 N–H and O–H groups in total. The minimum Gasteiger partial charge on any atom is -0.494 e. The monoisotopic (exact) mass is 310 g/mol. The van der Waals surface area contributed by atoms with E-state index in [4.69, 9.17) is 17.0 Å². The fourth-order valence-electron chi connectivity index (χ4n) is 3.12. The molecule has 0 atom stereocenters. The molecule has 4 heteroatoms. The molecule has 3 rings (SSSR count). The van der Waals surface area contributed by atoms with Gasteiger partial charge in [0.05, 0.1) is 12.2 Å². The zero-order valence-electron chi connectivity index (χ0n) is 12.6. The second-order valence-corrected chi connectivity index (χ2v) is 5.85. The largest absolute Gasteiger partial charge is 0.494 e. The van der Waals surface area contributed by atoms with Gasteiger partial charge < -0.3 is 9.72 Å². The van der Waals surface area contributed by atoms with Gasteiger partial charge in [0, 0.05) is 11.3 Å². The van der Waals surface area contributed by atoms with Crippen molar-refractivity contribution in [3.63, 3.8) is 0 Å². The van der Waals surface area contributed by atoms with Crippen molar-refractivity contribution in [3.8, 4) is 22.9 Å². The van der Waals surface area contributed by atoms with Crippen LogP contribution < -0.4 is 4.74 Å². The van der Waals surface area contributed by atoms with Crippen molar-refractivity contribution in [2.24, 2.45) is 0 Å². The predicted octanol–water partition coefficient (Wildman–Crippen LogP) is 4.56. The fourth-order valence-corrected chi connectivity index (χ4v) is 3.39. The lowest BCUT2D eigenvalue weighted by molar-refractivity contribution is 0.340. The standard InChI is InChI=1S/C18H18N2OS/c1-2-21-13-7-5-6-12(10-13)17-14-8-3-4-9-16(14)20-18(22)15(17)11-19/h5-7,10H,2-4,8-9H2,1H3,(H,20,22).